The van der Waals surface area contributed by atoms with Crippen LogP contribution >= 0.6 is 0 Å². The van der Waals surface area contributed by atoms with Crippen LogP contribution in [0, 0.1) is 0 Å². The van der Waals surface area contributed by atoms with Gasteiger partial charge in [-0.3, -0.25) is 9.59 Å². The second-order valence-corrected chi connectivity index (χ2v) is 4.75. The molecule has 1 rings (SSSR count). The van der Waals surface area contributed by atoms with Gasteiger partial charge in [-0.25, -0.2) is 0 Å². The van der Waals surface area contributed by atoms with Gasteiger partial charge in [0.05, 0.1) is 31.2 Å². The van der Waals surface area contributed by atoms with E-state index in [1.54, 1.807) is 0 Å². The monoisotopic (exact) mass is 318 g/mol. The van der Waals surface area contributed by atoms with Crippen LogP contribution < -0.4 is 11.1 Å². The lowest BCUT2D eigenvalue weighted by Gasteiger charge is -2.20. The van der Waals surface area contributed by atoms with Crippen LogP contribution in [0.1, 0.15) is 30.5 Å². The van der Waals surface area contributed by atoms with Gasteiger partial charge in [0.1, 0.15) is 0 Å². The number of nitrogens with one attached hydrogen (secondary N) is 1. The minimum Gasteiger partial charge on any atom is -0.469 e. The van der Waals surface area contributed by atoms with E-state index in [1.807, 2.05) is 0 Å². The summed E-state index contributed by atoms with van der Waals surface area (Å²) in [5, 5.41) is 2.51. The van der Waals surface area contributed by atoms with Crippen LogP contribution in [0.4, 0.5) is 13.2 Å². The molecule has 8 heteroatoms. The lowest BCUT2D eigenvalue weighted by molar-refractivity contribution is -0.141. The number of esters is 1. The van der Waals surface area contributed by atoms with Crippen LogP contribution in [0.15, 0.2) is 24.3 Å². The van der Waals surface area contributed by atoms with Crippen LogP contribution in [0.2, 0.25) is 0 Å². The Kier molecular flexibility index (Phi) is 5.92. The lowest BCUT2D eigenvalue weighted by Crippen LogP contribution is -2.41. The standard InChI is InChI=1S/C14H17F3N2O3/c1-8(18)13(21)19-11(7-12(20)22-2)9-3-5-10(6-4-9)14(15,16)17/h3-6,8,11H,7,18H2,1-2H3,(H,19,21). The fraction of sp³-hybridized carbons (Fsp3) is 0.429. The van der Waals surface area contributed by atoms with E-state index >= 15 is 0 Å². The molecule has 1 amide bonds. The molecule has 0 bridgehead atoms. The number of amides is 1. The highest BCUT2D eigenvalue weighted by atomic mass is 19.4. The number of carbonyl (C=O) groups excluding carboxylic acids is 2. The molecule has 1 aromatic rings. The highest BCUT2D eigenvalue weighted by Crippen LogP contribution is 2.30. The summed E-state index contributed by atoms with van der Waals surface area (Å²) in [5.74, 6) is -1.12. The second kappa shape index (κ2) is 7.26. The van der Waals surface area contributed by atoms with Crippen molar-refractivity contribution in [2.45, 2.75) is 31.6 Å². The van der Waals surface area contributed by atoms with E-state index in [2.05, 4.69) is 10.1 Å². The molecule has 2 unspecified atom stereocenters. The third kappa shape index (κ3) is 5.03. The molecule has 0 saturated carbocycles. The zero-order chi connectivity index (χ0) is 16.9. The van der Waals surface area contributed by atoms with E-state index < -0.39 is 35.7 Å². The fourth-order valence-electron chi connectivity index (χ4n) is 1.71. The molecule has 0 saturated heterocycles. The summed E-state index contributed by atoms with van der Waals surface area (Å²) in [6.45, 7) is 1.46. The van der Waals surface area contributed by atoms with Crippen LogP contribution in [0.5, 0.6) is 0 Å². The van der Waals surface area contributed by atoms with E-state index in [1.165, 1.54) is 26.2 Å². The van der Waals surface area contributed by atoms with Crippen LogP contribution in [0.25, 0.3) is 0 Å². The first-order valence-corrected chi connectivity index (χ1v) is 6.45. The quantitative estimate of drug-likeness (QED) is 0.811. The number of rotatable bonds is 5. The Bertz CT molecular complexity index is 527. The molecule has 1 aromatic carbocycles. The van der Waals surface area contributed by atoms with Gasteiger partial charge in [0, 0.05) is 0 Å². The molecule has 0 aliphatic rings. The highest BCUT2D eigenvalue weighted by Gasteiger charge is 2.30. The van der Waals surface area contributed by atoms with E-state index in [-0.39, 0.29) is 6.42 Å². The average molecular weight is 318 g/mol. The Hall–Kier alpha value is -2.09. The molecule has 0 aliphatic heterocycles. The Labute approximate surface area is 125 Å². The minimum atomic E-state index is -4.45. The van der Waals surface area contributed by atoms with Crippen molar-refractivity contribution in [3.63, 3.8) is 0 Å². The largest absolute Gasteiger partial charge is 0.469 e. The van der Waals surface area contributed by atoms with E-state index in [9.17, 15) is 22.8 Å². The van der Waals surface area contributed by atoms with Gasteiger partial charge in [0.2, 0.25) is 5.91 Å². The average Bonchev–Trinajstić information content (AvgIpc) is 2.45. The number of hydrogen-bond donors (Lipinski definition) is 2. The number of carbonyl (C=O) groups is 2. The number of alkyl halides is 3. The molecule has 0 radical (unpaired) electrons. The Balaban J connectivity index is 2.99. The van der Waals surface area contributed by atoms with E-state index in [4.69, 9.17) is 5.73 Å². The molecule has 122 valence electrons. The normalized spacial score (nSPS) is 14.1. The molecule has 0 aromatic heterocycles. The smallest absolute Gasteiger partial charge is 0.416 e. The molecule has 5 nitrogen and oxygen atoms in total. The molecule has 0 fully saturated rings. The van der Waals surface area contributed by atoms with Crippen molar-refractivity contribution in [2.24, 2.45) is 5.73 Å². The maximum atomic E-state index is 12.5. The van der Waals surface area contributed by atoms with Crippen molar-refractivity contribution in [1.29, 1.82) is 0 Å². The van der Waals surface area contributed by atoms with Crippen molar-refractivity contribution < 1.29 is 27.5 Å². The summed E-state index contributed by atoms with van der Waals surface area (Å²) < 4.78 is 42.1. The van der Waals surface area contributed by atoms with Gasteiger partial charge in [0.15, 0.2) is 0 Å². The van der Waals surface area contributed by atoms with Crippen molar-refractivity contribution in [3.8, 4) is 0 Å². The lowest BCUT2D eigenvalue weighted by atomic mass is 10.0. The summed E-state index contributed by atoms with van der Waals surface area (Å²) in [5.41, 5.74) is 4.97. The van der Waals surface area contributed by atoms with Crippen LogP contribution in [-0.2, 0) is 20.5 Å². The summed E-state index contributed by atoms with van der Waals surface area (Å²) in [7, 11) is 1.18. The Morgan fingerprint density at radius 2 is 1.82 bits per heavy atom. The van der Waals surface area contributed by atoms with Crippen molar-refractivity contribution in [1.82, 2.24) is 5.32 Å². The van der Waals surface area contributed by atoms with Crippen LogP contribution in [0.3, 0.4) is 0 Å². The van der Waals surface area contributed by atoms with E-state index in [0.29, 0.717) is 5.56 Å². The predicted octanol–water partition coefficient (Wildman–Crippen LogP) is 1.77. The summed E-state index contributed by atoms with van der Waals surface area (Å²) in [4.78, 5) is 23.0. The number of halogens is 3. The second-order valence-electron chi connectivity index (χ2n) is 4.75. The molecule has 3 N–H and O–H groups in total. The third-order valence-corrected chi connectivity index (χ3v) is 2.97. The van der Waals surface area contributed by atoms with Gasteiger partial charge < -0.3 is 15.8 Å². The van der Waals surface area contributed by atoms with Gasteiger partial charge in [0.25, 0.3) is 0 Å². The topological polar surface area (TPSA) is 81.4 Å². The molecular weight excluding hydrogens is 301 g/mol. The number of benzene rings is 1. The van der Waals surface area contributed by atoms with Gasteiger partial charge in [-0.05, 0) is 24.6 Å². The molecule has 0 aliphatic carbocycles. The van der Waals surface area contributed by atoms with Crippen molar-refractivity contribution in [2.75, 3.05) is 7.11 Å². The number of nitrogens with two attached hydrogens (primary N) is 1. The van der Waals surface area contributed by atoms with E-state index in [0.717, 1.165) is 12.1 Å². The van der Waals surface area contributed by atoms with Gasteiger partial charge in [-0.2, -0.15) is 13.2 Å². The summed E-state index contributed by atoms with van der Waals surface area (Å²) in [6, 6.07) is 2.56. The molecule has 2 atom stereocenters. The first-order chi connectivity index (χ1) is 10.1. The minimum absolute atomic E-state index is 0.208. The fourth-order valence-corrected chi connectivity index (χ4v) is 1.71. The number of methoxy groups -OCH3 is 1. The zero-order valence-corrected chi connectivity index (χ0v) is 12.1. The zero-order valence-electron chi connectivity index (χ0n) is 12.1. The maximum Gasteiger partial charge on any atom is 0.416 e. The molecule has 22 heavy (non-hydrogen) atoms. The number of ether oxygens (including phenoxy) is 1. The predicted molar refractivity (Wildman–Crippen MR) is 72.6 cm³/mol. The molecule has 0 heterocycles. The van der Waals surface area contributed by atoms with Crippen molar-refractivity contribution >= 4 is 11.9 Å². The molecule has 0 spiro atoms. The summed E-state index contributed by atoms with van der Waals surface area (Å²) in [6.07, 6.45) is -4.66. The van der Waals surface area contributed by atoms with Gasteiger partial charge >= 0.3 is 12.1 Å². The molecular formula is C14H17F3N2O3. The van der Waals surface area contributed by atoms with Crippen molar-refractivity contribution in [3.05, 3.63) is 35.4 Å². The highest BCUT2D eigenvalue weighted by molar-refractivity contribution is 5.82. The summed E-state index contributed by atoms with van der Waals surface area (Å²) >= 11 is 0. The number of hydrogen-bond acceptors (Lipinski definition) is 4. The Morgan fingerprint density at radius 1 is 1.27 bits per heavy atom. The van der Waals surface area contributed by atoms with Crippen LogP contribution in [-0.4, -0.2) is 25.0 Å². The van der Waals surface area contributed by atoms with Gasteiger partial charge in [-0.15, -0.1) is 0 Å². The SMILES string of the molecule is COC(=O)CC(NC(=O)C(C)N)c1ccc(C(F)(F)F)cc1. The first kappa shape index (κ1) is 18.0. The maximum absolute atomic E-state index is 12.5. The van der Waals surface area contributed by atoms with Gasteiger partial charge in [-0.1, -0.05) is 12.1 Å². The first-order valence-electron chi connectivity index (χ1n) is 6.45. The Morgan fingerprint density at radius 3 is 2.23 bits per heavy atom. The third-order valence-electron chi connectivity index (χ3n) is 2.97.